The highest BCUT2D eigenvalue weighted by molar-refractivity contribution is 6.35. The highest BCUT2D eigenvalue weighted by Gasteiger charge is 2.14. The molecule has 1 heterocycles. The molecule has 0 saturated carbocycles. The first-order chi connectivity index (χ1) is 9.52. The second kappa shape index (κ2) is 5.95. The largest absolute Gasteiger partial charge is 0.260 e. The number of halogens is 2. The molecule has 2 rings (SSSR count). The molecule has 0 spiro atoms. The zero-order valence-corrected chi connectivity index (χ0v) is 12.4. The van der Waals surface area contributed by atoms with Gasteiger partial charge >= 0.3 is 0 Å². The summed E-state index contributed by atoms with van der Waals surface area (Å²) in [5.74, 6) is 0.456. The topological polar surface area (TPSA) is 66.0 Å². The Hall–Kier alpha value is -2.03. The van der Waals surface area contributed by atoms with Crippen LogP contribution in [0.5, 0.6) is 0 Å². The Morgan fingerprint density at radius 3 is 2.75 bits per heavy atom. The van der Waals surface area contributed by atoms with Crippen LogP contribution in [0.4, 0.5) is 5.82 Å². The predicted octanol–water partition coefficient (Wildman–Crippen LogP) is 3.86. The van der Waals surface area contributed by atoms with Crippen molar-refractivity contribution in [1.82, 2.24) is 9.78 Å². The number of nitrogens with zero attached hydrogens (tertiary/aromatic N) is 4. The van der Waals surface area contributed by atoms with Gasteiger partial charge in [-0.3, -0.25) is 5.43 Å². The smallest absolute Gasteiger partial charge is 0.168 e. The molecule has 0 aliphatic rings. The molecule has 5 nitrogen and oxygen atoms in total. The SMILES string of the molecule is CC(C)=NNc1c(C#N)cnn1-c1ccc(Cl)cc1Cl. The molecular formula is C13H11Cl2N5. The molecule has 20 heavy (non-hydrogen) atoms. The van der Waals surface area contributed by atoms with Gasteiger partial charge in [0.05, 0.1) is 16.9 Å². The number of hydrazone groups is 1. The number of nitriles is 1. The lowest BCUT2D eigenvalue weighted by atomic mass is 10.3. The van der Waals surface area contributed by atoms with Crippen molar-refractivity contribution in [1.29, 1.82) is 5.26 Å². The van der Waals surface area contributed by atoms with Gasteiger partial charge in [0.2, 0.25) is 0 Å². The minimum atomic E-state index is 0.376. The summed E-state index contributed by atoms with van der Waals surface area (Å²) in [5, 5.41) is 18.3. The fourth-order valence-electron chi connectivity index (χ4n) is 1.54. The third-order valence-electron chi connectivity index (χ3n) is 2.41. The van der Waals surface area contributed by atoms with Gasteiger partial charge in [0, 0.05) is 10.7 Å². The van der Waals surface area contributed by atoms with Gasteiger partial charge in [-0.1, -0.05) is 23.2 Å². The summed E-state index contributed by atoms with van der Waals surface area (Å²) >= 11 is 12.0. The Balaban J connectivity index is 2.54. The summed E-state index contributed by atoms with van der Waals surface area (Å²) in [5.41, 5.74) is 4.64. The Morgan fingerprint density at radius 2 is 2.15 bits per heavy atom. The summed E-state index contributed by atoms with van der Waals surface area (Å²) in [6.07, 6.45) is 1.45. The van der Waals surface area contributed by atoms with Gasteiger partial charge in [0.15, 0.2) is 5.82 Å². The van der Waals surface area contributed by atoms with Crippen LogP contribution in [0.15, 0.2) is 29.5 Å². The van der Waals surface area contributed by atoms with Crippen LogP contribution >= 0.6 is 23.2 Å². The predicted molar refractivity (Wildman–Crippen MR) is 80.7 cm³/mol. The van der Waals surface area contributed by atoms with E-state index in [0.29, 0.717) is 27.1 Å². The van der Waals surface area contributed by atoms with E-state index in [0.717, 1.165) is 5.71 Å². The molecule has 2 aromatic rings. The molecule has 102 valence electrons. The summed E-state index contributed by atoms with van der Waals surface area (Å²) in [7, 11) is 0. The molecule has 0 aliphatic heterocycles. The zero-order chi connectivity index (χ0) is 14.7. The average Bonchev–Trinajstić information content (AvgIpc) is 2.79. The molecule has 1 aromatic carbocycles. The minimum absolute atomic E-state index is 0.376. The molecule has 1 aromatic heterocycles. The van der Waals surface area contributed by atoms with E-state index < -0.39 is 0 Å². The Kier molecular flexibility index (Phi) is 4.28. The van der Waals surface area contributed by atoms with Crippen molar-refractivity contribution < 1.29 is 0 Å². The molecule has 0 aliphatic carbocycles. The van der Waals surface area contributed by atoms with Crippen LogP contribution in [0, 0.1) is 11.3 Å². The fourth-order valence-corrected chi connectivity index (χ4v) is 2.03. The van der Waals surface area contributed by atoms with Crippen LogP contribution < -0.4 is 5.43 Å². The maximum atomic E-state index is 9.11. The fraction of sp³-hybridized carbons (Fsp3) is 0.154. The van der Waals surface area contributed by atoms with Crippen LogP contribution in [0.3, 0.4) is 0 Å². The second-order valence-electron chi connectivity index (χ2n) is 4.20. The van der Waals surface area contributed by atoms with Crippen LogP contribution in [0.25, 0.3) is 5.69 Å². The molecular weight excluding hydrogens is 297 g/mol. The third kappa shape index (κ3) is 2.93. The standard InChI is InChI=1S/C13H11Cl2N5/c1-8(2)18-19-13-9(6-16)7-17-20(13)12-4-3-10(14)5-11(12)15/h3-5,7,19H,1-2H3. The van der Waals surface area contributed by atoms with E-state index in [1.165, 1.54) is 10.9 Å². The van der Waals surface area contributed by atoms with Crippen LogP contribution in [-0.4, -0.2) is 15.5 Å². The molecule has 0 unspecified atom stereocenters. The second-order valence-corrected chi connectivity index (χ2v) is 5.04. The van der Waals surface area contributed by atoms with E-state index in [-0.39, 0.29) is 0 Å². The normalized spacial score (nSPS) is 9.95. The van der Waals surface area contributed by atoms with Gasteiger partial charge in [-0.05, 0) is 32.0 Å². The lowest BCUT2D eigenvalue weighted by molar-refractivity contribution is 0.881. The molecule has 0 bridgehead atoms. The highest BCUT2D eigenvalue weighted by atomic mass is 35.5. The van der Waals surface area contributed by atoms with Gasteiger partial charge in [-0.25, -0.2) is 4.68 Å². The highest BCUT2D eigenvalue weighted by Crippen LogP contribution is 2.28. The maximum absolute atomic E-state index is 9.11. The number of hydrogen-bond donors (Lipinski definition) is 1. The van der Waals surface area contributed by atoms with Crippen molar-refractivity contribution in [3.05, 3.63) is 40.0 Å². The number of anilines is 1. The van der Waals surface area contributed by atoms with Crippen molar-refractivity contribution in [3.63, 3.8) is 0 Å². The molecule has 1 N–H and O–H groups in total. The monoisotopic (exact) mass is 307 g/mol. The summed E-state index contributed by atoms with van der Waals surface area (Å²) < 4.78 is 1.52. The van der Waals surface area contributed by atoms with E-state index in [1.807, 2.05) is 13.8 Å². The number of nitrogens with one attached hydrogen (secondary N) is 1. The van der Waals surface area contributed by atoms with E-state index >= 15 is 0 Å². The summed E-state index contributed by atoms with van der Waals surface area (Å²) in [6.45, 7) is 3.68. The minimum Gasteiger partial charge on any atom is -0.260 e. The van der Waals surface area contributed by atoms with Gasteiger partial charge < -0.3 is 0 Å². The number of aromatic nitrogens is 2. The Morgan fingerprint density at radius 1 is 1.40 bits per heavy atom. The van der Waals surface area contributed by atoms with Crippen LogP contribution in [0.1, 0.15) is 19.4 Å². The van der Waals surface area contributed by atoms with Crippen molar-refractivity contribution in [3.8, 4) is 11.8 Å². The molecule has 0 fully saturated rings. The Bertz CT molecular complexity index is 708. The molecule has 0 atom stereocenters. The quantitative estimate of drug-likeness (QED) is 0.691. The zero-order valence-electron chi connectivity index (χ0n) is 10.9. The summed E-state index contributed by atoms with van der Waals surface area (Å²) in [6, 6.07) is 7.10. The lowest BCUT2D eigenvalue weighted by Gasteiger charge is -2.09. The first-order valence-corrected chi connectivity index (χ1v) is 6.49. The number of benzene rings is 1. The van der Waals surface area contributed by atoms with Crippen molar-refractivity contribution >= 4 is 34.7 Å². The third-order valence-corrected chi connectivity index (χ3v) is 2.95. The van der Waals surface area contributed by atoms with Crippen molar-refractivity contribution in [2.45, 2.75) is 13.8 Å². The molecule has 0 amide bonds. The van der Waals surface area contributed by atoms with E-state index in [1.54, 1.807) is 18.2 Å². The van der Waals surface area contributed by atoms with Crippen LogP contribution in [-0.2, 0) is 0 Å². The van der Waals surface area contributed by atoms with Gasteiger partial charge in [-0.2, -0.15) is 15.5 Å². The Labute approximate surface area is 126 Å². The lowest BCUT2D eigenvalue weighted by Crippen LogP contribution is -2.04. The summed E-state index contributed by atoms with van der Waals surface area (Å²) in [4.78, 5) is 0. The van der Waals surface area contributed by atoms with E-state index in [4.69, 9.17) is 28.5 Å². The van der Waals surface area contributed by atoms with Gasteiger partial charge in [-0.15, -0.1) is 0 Å². The van der Waals surface area contributed by atoms with E-state index in [9.17, 15) is 0 Å². The van der Waals surface area contributed by atoms with Gasteiger partial charge in [0.25, 0.3) is 0 Å². The molecule has 0 saturated heterocycles. The maximum Gasteiger partial charge on any atom is 0.168 e. The van der Waals surface area contributed by atoms with Gasteiger partial charge in [0.1, 0.15) is 11.6 Å². The molecule has 0 radical (unpaired) electrons. The number of rotatable bonds is 3. The first kappa shape index (κ1) is 14.4. The average molecular weight is 308 g/mol. The van der Waals surface area contributed by atoms with E-state index in [2.05, 4.69) is 21.7 Å². The van der Waals surface area contributed by atoms with Crippen molar-refractivity contribution in [2.24, 2.45) is 5.10 Å². The van der Waals surface area contributed by atoms with Crippen LogP contribution in [0.2, 0.25) is 10.0 Å². The van der Waals surface area contributed by atoms with Crippen molar-refractivity contribution in [2.75, 3.05) is 5.43 Å². The number of hydrogen-bond acceptors (Lipinski definition) is 4. The molecule has 7 heteroatoms. The first-order valence-electron chi connectivity index (χ1n) is 5.73.